The Morgan fingerprint density at radius 1 is 1.06 bits per heavy atom. The van der Waals surface area contributed by atoms with Crippen molar-refractivity contribution in [2.75, 3.05) is 0 Å². The molecule has 1 aromatic carbocycles. The van der Waals surface area contributed by atoms with Gasteiger partial charge >= 0.3 is 5.97 Å². The van der Waals surface area contributed by atoms with Gasteiger partial charge in [0.1, 0.15) is 12.3 Å². The van der Waals surface area contributed by atoms with Crippen molar-refractivity contribution in [1.82, 2.24) is 24.0 Å². The van der Waals surface area contributed by atoms with Crippen molar-refractivity contribution in [3.8, 4) is 0 Å². The van der Waals surface area contributed by atoms with Gasteiger partial charge < -0.3 is 4.74 Å². The molecule has 4 heterocycles. The van der Waals surface area contributed by atoms with Crippen molar-refractivity contribution >= 4 is 28.2 Å². The Bertz CT molecular complexity index is 1600. The predicted molar refractivity (Wildman–Crippen MR) is 124 cm³/mol. The molecule has 0 amide bonds. The number of esters is 1. The lowest BCUT2D eigenvalue weighted by atomic mass is 10.1. The normalized spacial score (nSPS) is 11.5. The van der Waals surface area contributed by atoms with E-state index in [1.54, 1.807) is 6.20 Å². The third kappa shape index (κ3) is 3.84. The van der Waals surface area contributed by atoms with Gasteiger partial charge in [-0.1, -0.05) is 12.1 Å². The summed E-state index contributed by atoms with van der Waals surface area (Å²) in [5.74, 6) is -0.356. The molecule has 0 saturated carbocycles. The molecule has 0 aliphatic rings. The van der Waals surface area contributed by atoms with E-state index in [0.717, 1.165) is 39.1 Å². The number of rotatable bonds is 5. The van der Waals surface area contributed by atoms with Gasteiger partial charge in [0.05, 0.1) is 11.2 Å². The Morgan fingerprint density at radius 2 is 1.88 bits per heavy atom. The summed E-state index contributed by atoms with van der Waals surface area (Å²) in [6, 6.07) is 13.0. The number of benzene rings is 1. The summed E-state index contributed by atoms with van der Waals surface area (Å²) in [5, 5.41) is 5.66. The van der Waals surface area contributed by atoms with Gasteiger partial charge in [0, 0.05) is 35.5 Å². The van der Waals surface area contributed by atoms with Crippen LogP contribution >= 0.6 is 0 Å². The Balaban J connectivity index is 1.31. The van der Waals surface area contributed by atoms with Crippen LogP contribution in [-0.4, -0.2) is 30.0 Å². The maximum Gasteiger partial charge on any atom is 0.306 e. The molecule has 0 aliphatic carbocycles. The molecular weight excluding hydrogens is 418 g/mol. The van der Waals surface area contributed by atoms with Gasteiger partial charge in [0.2, 0.25) is 0 Å². The van der Waals surface area contributed by atoms with Crippen molar-refractivity contribution in [2.24, 2.45) is 0 Å². The Hall–Kier alpha value is -4.07. The number of carbonyl (C=O) groups excluding carboxylic acids is 1. The van der Waals surface area contributed by atoms with Crippen LogP contribution in [0.1, 0.15) is 34.6 Å². The van der Waals surface area contributed by atoms with E-state index in [0.29, 0.717) is 17.8 Å². The molecule has 0 aliphatic heterocycles. The number of aryl methyl sites for hydroxylation is 3. The number of aromatic nitrogens is 5. The number of hydrogen-bond acceptors (Lipinski definition) is 6. The SMILES string of the molecule is Cc1ccn2c(=O)cc(COC(=O)CCc3c(C)nc4c5ccccc5nn4c3C)nc2c1. The van der Waals surface area contributed by atoms with E-state index in [9.17, 15) is 9.59 Å². The standard InChI is InChI=1S/C25H23N5O3/c1-15-10-11-29-22(12-15)27-18(13-23(29)31)14-33-24(32)9-8-19-16(2)26-25-20-6-4-5-7-21(20)28-30(25)17(19)3/h4-7,10-13H,8-9,14H2,1-3H3. The molecule has 166 valence electrons. The number of carbonyl (C=O) groups is 1. The summed E-state index contributed by atoms with van der Waals surface area (Å²) in [5.41, 5.74) is 6.27. The fraction of sp³-hybridized carbons (Fsp3) is 0.240. The minimum absolute atomic E-state index is 0.0433. The number of nitrogens with zero attached hydrogens (tertiary/aromatic N) is 5. The van der Waals surface area contributed by atoms with Crippen molar-refractivity contribution in [2.45, 2.75) is 40.2 Å². The summed E-state index contributed by atoms with van der Waals surface area (Å²) in [7, 11) is 0. The lowest BCUT2D eigenvalue weighted by Gasteiger charge is -2.11. The van der Waals surface area contributed by atoms with Crippen molar-refractivity contribution in [3.63, 3.8) is 0 Å². The molecule has 33 heavy (non-hydrogen) atoms. The summed E-state index contributed by atoms with van der Waals surface area (Å²) in [6.45, 7) is 5.83. The Morgan fingerprint density at radius 3 is 2.73 bits per heavy atom. The smallest absolute Gasteiger partial charge is 0.306 e. The molecule has 8 nitrogen and oxygen atoms in total. The second-order valence-electron chi connectivity index (χ2n) is 8.19. The molecule has 0 unspecified atom stereocenters. The fourth-order valence-corrected chi connectivity index (χ4v) is 4.12. The zero-order valence-corrected chi connectivity index (χ0v) is 18.7. The molecule has 4 aromatic heterocycles. The van der Waals surface area contributed by atoms with Crippen LogP contribution in [0.2, 0.25) is 0 Å². The third-order valence-corrected chi connectivity index (χ3v) is 5.85. The highest BCUT2D eigenvalue weighted by Gasteiger charge is 2.15. The number of pyridine rings is 1. The lowest BCUT2D eigenvalue weighted by Crippen LogP contribution is -2.17. The summed E-state index contributed by atoms with van der Waals surface area (Å²) < 4.78 is 8.71. The maximum absolute atomic E-state index is 12.4. The van der Waals surface area contributed by atoms with E-state index < -0.39 is 0 Å². The largest absolute Gasteiger partial charge is 0.459 e. The van der Waals surface area contributed by atoms with Crippen LogP contribution in [0.5, 0.6) is 0 Å². The van der Waals surface area contributed by atoms with Crippen LogP contribution < -0.4 is 5.56 Å². The number of fused-ring (bicyclic) bond motifs is 4. The van der Waals surface area contributed by atoms with Gasteiger partial charge in [-0.3, -0.25) is 14.0 Å². The molecule has 8 heteroatoms. The Labute approximate surface area is 189 Å². The summed E-state index contributed by atoms with van der Waals surface area (Å²) in [4.78, 5) is 33.9. The van der Waals surface area contributed by atoms with Gasteiger partial charge in [-0.15, -0.1) is 0 Å². The molecule has 0 saturated heterocycles. The first-order chi connectivity index (χ1) is 15.9. The quantitative estimate of drug-likeness (QED) is 0.388. The van der Waals surface area contributed by atoms with Gasteiger partial charge in [-0.25, -0.2) is 14.5 Å². The first-order valence-electron chi connectivity index (χ1n) is 10.8. The first-order valence-corrected chi connectivity index (χ1v) is 10.8. The second-order valence-corrected chi connectivity index (χ2v) is 8.19. The van der Waals surface area contributed by atoms with Gasteiger partial charge in [0.25, 0.3) is 5.56 Å². The molecule has 0 fully saturated rings. The van der Waals surface area contributed by atoms with E-state index in [2.05, 4.69) is 10.1 Å². The highest BCUT2D eigenvalue weighted by atomic mass is 16.5. The molecule has 0 spiro atoms. The van der Waals surface area contributed by atoms with Crippen LogP contribution in [0.3, 0.4) is 0 Å². The van der Waals surface area contributed by atoms with Gasteiger partial charge in [0.15, 0.2) is 5.65 Å². The van der Waals surface area contributed by atoms with Crippen LogP contribution in [0.25, 0.3) is 22.2 Å². The average Bonchev–Trinajstić information content (AvgIpc) is 3.16. The van der Waals surface area contributed by atoms with Crippen molar-refractivity contribution in [1.29, 1.82) is 0 Å². The minimum atomic E-state index is -0.356. The van der Waals surface area contributed by atoms with E-state index in [1.807, 2.05) is 61.7 Å². The fourth-order valence-electron chi connectivity index (χ4n) is 4.12. The Kier molecular flexibility index (Phi) is 5.12. The topological polar surface area (TPSA) is 90.9 Å². The molecule has 0 radical (unpaired) electrons. The van der Waals surface area contributed by atoms with Crippen LogP contribution in [-0.2, 0) is 22.6 Å². The molecule has 5 rings (SSSR count). The van der Waals surface area contributed by atoms with Crippen molar-refractivity contribution in [3.05, 3.63) is 87.2 Å². The summed E-state index contributed by atoms with van der Waals surface area (Å²) >= 11 is 0. The van der Waals surface area contributed by atoms with Crippen molar-refractivity contribution < 1.29 is 9.53 Å². The number of hydrogen-bond donors (Lipinski definition) is 0. The van der Waals surface area contributed by atoms with Crippen LogP contribution in [0.4, 0.5) is 0 Å². The highest BCUT2D eigenvalue weighted by Crippen LogP contribution is 2.23. The van der Waals surface area contributed by atoms with E-state index in [1.165, 1.54) is 10.5 Å². The first kappa shape index (κ1) is 20.8. The zero-order valence-electron chi connectivity index (χ0n) is 18.7. The average molecular weight is 441 g/mol. The molecule has 5 aromatic rings. The molecular formula is C25H23N5O3. The van der Waals surface area contributed by atoms with Crippen LogP contribution in [0, 0.1) is 20.8 Å². The third-order valence-electron chi connectivity index (χ3n) is 5.85. The zero-order chi connectivity index (χ0) is 23.1. The highest BCUT2D eigenvalue weighted by molar-refractivity contribution is 5.92. The van der Waals surface area contributed by atoms with Gasteiger partial charge in [-0.05, 0) is 62.6 Å². The predicted octanol–water partition coefficient (Wildman–Crippen LogP) is 3.49. The minimum Gasteiger partial charge on any atom is -0.459 e. The van der Waals surface area contributed by atoms with E-state index >= 15 is 0 Å². The molecule has 0 bridgehead atoms. The van der Waals surface area contributed by atoms with Crippen LogP contribution in [0.15, 0.2) is 53.5 Å². The summed E-state index contributed by atoms with van der Waals surface area (Å²) in [6.07, 6.45) is 2.37. The number of ether oxygens (including phenoxy) is 1. The maximum atomic E-state index is 12.4. The monoisotopic (exact) mass is 441 g/mol. The second kappa shape index (κ2) is 8.12. The van der Waals surface area contributed by atoms with Gasteiger partial charge in [-0.2, -0.15) is 5.10 Å². The molecule has 0 N–H and O–H groups in total. The van der Waals surface area contributed by atoms with E-state index in [-0.39, 0.29) is 24.6 Å². The molecule has 0 atom stereocenters. The lowest BCUT2D eigenvalue weighted by molar-refractivity contribution is -0.145. The van der Waals surface area contributed by atoms with E-state index in [4.69, 9.17) is 9.72 Å².